The lowest BCUT2D eigenvalue weighted by molar-refractivity contribution is -0.122. The minimum Gasteiger partial charge on any atom is -0.481 e. The van der Waals surface area contributed by atoms with Crippen LogP contribution in [0.2, 0.25) is 0 Å². The van der Waals surface area contributed by atoms with E-state index in [9.17, 15) is 14.4 Å². The lowest BCUT2D eigenvalue weighted by Gasteiger charge is -2.20. The molecule has 0 aliphatic carbocycles. The van der Waals surface area contributed by atoms with Gasteiger partial charge in [0.25, 0.3) is 11.8 Å². The first-order valence-corrected chi connectivity index (χ1v) is 6.36. The highest BCUT2D eigenvalue weighted by Gasteiger charge is 2.20. The SMILES string of the molecule is CCNC(=O)NC(=O)COc1cccc2c1NC(=O)CO2. The van der Waals surface area contributed by atoms with E-state index < -0.39 is 11.9 Å². The van der Waals surface area contributed by atoms with Crippen molar-refractivity contribution >= 4 is 23.5 Å². The smallest absolute Gasteiger partial charge is 0.321 e. The molecule has 1 aliphatic heterocycles. The number of hydrogen-bond donors (Lipinski definition) is 3. The van der Waals surface area contributed by atoms with Gasteiger partial charge in [-0.05, 0) is 19.1 Å². The molecule has 8 nitrogen and oxygen atoms in total. The Morgan fingerprint density at radius 2 is 2.24 bits per heavy atom. The van der Waals surface area contributed by atoms with Crippen molar-refractivity contribution in [3.63, 3.8) is 0 Å². The molecule has 1 aromatic carbocycles. The summed E-state index contributed by atoms with van der Waals surface area (Å²) in [5, 5.41) is 7.15. The fraction of sp³-hybridized carbons (Fsp3) is 0.308. The molecule has 1 aromatic rings. The summed E-state index contributed by atoms with van der Waals surface area (Å²) in [4.78, 5) is 34.0. The molecule has 1 heterocycles. The Kier molecular flexibility index (Phi) is 4.60. The van der Waals surface area contributed by atoms with Gasteiger partial charge in [0.15, 0.2) is 13.2 Å². The highest BCUT2D eigenvalue weighted by atomic mass is 16.5. The van der Waals surface area contributed by atoms with Crippen LogP contribution in [0.15, 0.2) is 18.2 Å². The summed E-state index contributed by atoms with van der Waals surface area (Å²) in [5.74, 6) is -0.130. The zero-order chi connectivity index (χ0) is 15.2. The Hall–Kier alpha value is -2.77. The van der Waals surface area contributed by atoms with Gasteiger partial charge in [-0.15, -0.1) is 0 Å². The molecular formula is C13H15N3O5. The van der Waals surface area contributed by atoms with Gasteiger partial charge in [-0.2, -0.15) is 0 Å². The van der Waals surface area contributed by atoms with E-state index in [1.807, 2.05) is 0 Å². The van der Waals surface area contributed by atoms with Gasteiger partial charge in [-0.1, -0.05) is 6.07 Å². The van der Waals surface area contributed by atoms with Gasteiger partial charge in [-0.3, -0.25) is 14.9 Å². The average Bonchev–Trinajstić information content (AvgIpc) is 2.45. The van der Waals surface area contributed by atoms with E-state index in [-0.39, 0.29) is 19.1 Å². The summed E-state index contributed by atoms with van der Waals surface area (Å²) in [5.41, 5.74) is 0.375. The first-order valence-electron chi connectivity index (χ1n) is 6.36. The molecule has 112 valence electrons. The van der Waals surface area contributed by atoms with Crippen LogP contribution in [0.5, 0.6) is 11.5 Å². The van der Waals surface area contributed by atoms with E-state index in [1.165, 1.54) is 0 Å². The second kappa shape index (κ2) is 6.60. The molecule has 0 aromatic heterocycles. The highest BCUT2D eigenvalue weighted by molar-refractivity contribution is 5.97. The van der Waals surface area contributed by atoms with Crippen molar-refractivity contribution in [1.82, 2.24) is 10.6 Å². The summed E-state index contributed by atoms with van der Waals surface area (Å²) in [7, 11) is 0. The van der Waals surface area contributed by atoms with Crippen LogP contribution in [-0.2, 0) is 9.59 Å². The standard InChI is InChI=1S/C13H15N3O5/c1-2-14-13(19)16-11(18)7-21-9-5-3-4-8-12(9)15-10(17)6-20-8/h3-5H,2,6-7H2,1H3,(H,15,17)(H2,14,16,18,19). The van der Waals surface area contributed by atoms with E-state index in [2.05, 4.69) is 16.0 Å². The number of nitrogens with one attached hydrogen (secondary N) is 3. The van der Waals surface area contributed by atoms with E-state index in [0.29, 0.717) is 23.7 Å². The van der Waals surface area contributed by atoms with Gasteiger partial charge in [-0.25, -0.2) is 4.79 Å². The van der Waals surface area contributed by atoms with Crippen molar-refractivity contribution in [2.24, 2.45) is 0 Å². The van der Waals surface area contributed by atoms with Gasteiger partial charge in [0.1, 0.15) is 17.2 Å². The van der Waals surface area contributed by atoms with Crippen LogP contribution in [-0.4, -0.2) is 37.6 Å². The van der Waals surface area contributed by atoms with Crippen molar-refractivity contribution in [2.75, 3.05) is 25.1 Å². The molecule has 0 saturated carbocycles. The number of rotatable bonds is 4. The number of urea groups is 1. The minimum atomic E-state index is -0.596. The van der Waals surface area contributed by atoms with Crippen molar-refractivity contribution in [3.05, 3.63) is 18.2 Å². The Morgan fingerprint density at radius 1 is 1.43 bits per heavy atom. The Morgan fingerprint density at radius 3 is 3.00 bits per heavy atom. The third kappa shape index (κ3) is 3.85. The Labute approximate surface area is 120 Å². The second-order valence-corrected chi connectivity index (χ2v) is 4.16. The number of benzene rings is 1. The van der Waals surface area contributed by atoms with E-state index in [4.69, 9.17) is 9.47 Å². The van der Waals surface area contributed by atoms with Crippen LogP contribution in [0.1, 0.15) is 6.92 Å². The number of anilines is 1. The minimum absolute atomic E-state index is 0.0614. The summed E-state index contributed by atoms with van der Waals surface area (Å²) in [6, 6.07) is 4.36. The molecule has 3 N–H and O–H groups in total. The summed E-state index contributed by atoms with van der Waals surface area (Å²) in [6.07, 6.45) is 0. The van der Waals surface area contributed by atoms with Crippen LogP contribution in [0.4, 0.5) is 10.5 Å². The average molecular weight is 293 g/mol. The highest BCUT2D eigenvalue weighted by Crippen LogP contribution is 2.36. The molecule has 21 heavy (non-hydrogen) atoms. The zero-order valence-corrected chi connectivity index (χ0v) is 11.4. The number of carbonyl (C=O) groups excluding carboxylic acids is 3. The number of para-hydroxylation sites is 1. The van der Waals surface area contributed by atoms with Crippen molar-refractivity contribution in [2.45, 2.75) is 6.92 Å². The van der Waals surface area contributed by atoms with Gasteiger partial charge in [0.05, 0.1) is 0 Å². The molecule has 0 bridgehead atoms. The molecule has 0 unspecified atom stereocenters. The fourth-order valence-corrected chi connectivity index (χ4v) is 1.70. The topological polar surface area (TPSA) is 106 Å². The quantitative estimate of drug-likeness (QED) is 0.737. The number of hydrogen-bond acceptors (Lipinski definition) is 5. The molecular weight excluding hydrogens is 278 g/mol. The third-order valence-corrected chi connectivity index (χ3v) is 2.56. The maximum atomic E-state index is 11.5. The third-order valence-electron chi connectivity index (χ3n) is 2.56. The summed E-state index contributed by atoms with van der Waals surface area (Å²) >= 11 is 0. The lowest BCUT2D eigenvalue weighted by atomic mass is 10.2. The van der Waals surface area contributed by atoms with Crippen LogP contribution in [0, 0.1) is 0 Å². The number of imide groups is 1. The summed E-state index contributed by atoms with van der Waals surface area (Å²) < 4.78 is 10.5. The number of carbonyl (C=O) groups is 3. The second-order valence-electron chi connectivity index (χ2n) is 4.16. The largest absolute Gasteiger partial charge is 0.481 e. The first kappa shape index (κ1) is 14.6. The number of fused-ring (bicyclic) bond motifs is 1. The molecule has 8 heteroatoms. The fourth-order valence-electron chi connectivity index (χ4n) is 1.70. The molecule has 0 fully saturated rings. The zero-order valence-electron chi connectivity index (χ0n) is 11.4. The normalized spacial score (nSPS) is 12.5. The van der Waals surface area contributed by atoms with Crippen molar-refractivity contribution in [3.8, 4) is 11.5 Å². The van der Waals surface area contributed by atoms with Crippen LogP contribution < -0.4 is 25.4 Å². The molecule has 0 saturated heterocycles. The van der Waals surface area contributed by atoms with E-state index >= 15 is 0 Å². The van der Waals surface area contributed by atoms with Crippen molar-refractivity contribution < 1.29 is 23.9 Å². The van der Waals surface area contributed by atoms with E-state index in [0.717, 1.165) is 0 Å². The Balaban J connectivity index is 1.96. The molecule has 1 aliphatic rings. The number of amides is 4. The Bertz CT molecular complexity index is 573. The van der Waals surface area contributed by atoms with E-state index in [1.54, 1.807) is 25.1 Å². The predicted molar refractivity (Wildman–Crippen MR) is 73.3 cm³/mol. The van der Waals surface area contributed by atoms with Gasteiger partial charge in [0.2, 0.25) is 0 Å². The predicted octanol–water partition coefficient (Wildman–Crippen LogP) is 0.242. The van der Waals surface area contributed by atoms with Crippen LogP contribution in [0.25, 0.3) is 0 Å². The monoisotopic (exact) mass is 293 g/mol. The number of ether oxygens (including phenoxy) is 2. The van der Waals surface area contributed by atoms with Crippen LogP contribution in [0.3, 0.4) is 0 Å². The van der Waals surface area contributed by atoms with Gasteiger partial charge < -0.3 is 20.1 Å². The van der Waals surface area contributed by atoms with Gasteiger partial charge in [0, 0.05) is 6.54 Å². The van der Waals surface area contributed by atoms with Gasteiger partial charge >= 0.3 is 6.03 Å². The molecule has 4 amide bonds. The van der Waals surface area contributed by atoms with Crippen molar-refractivity contribution in [1.29, 1.82) is 0 Å². The molecule has 2 rings (SSSR count). The molecule has 0 atom stereocenters. The maximum Gasteiger partial charge on any atom is 0.321 e. The summed E-state index contributed by atoms with van der Waals surface area (Å²) in [6.45, 7) is 1.73. The molecule has 0 spiro atoms. The first-order chi connectivity index (χ1) is 10.1. The van der Waals surface area contributed by atoms with Crippen LogP contribution >= 0.6 is 0 Å². The molecule has 0 radical (unpaired) electrons. The lowest BCUT2D eigenvalue weighted by Crippen LogP contribution is -2.41. The maximum absolute atomic E-state index is 11.5.